The molecule has 0 unspecified atom stereocenters. The molecule has 0 spiro atoms. The van der Waals surface area contributed by atoms with Gasteiger partial charge in [-0.1, -0.05) is 24.3 Å². The molecule has 0 heterocycles. The highest BCUT2D eigenvalue weighted by atomic mass is 16.5. The number of hydrogen-bond acceptors (Lipinski definition) is 4. The van der Waals surface area contributed by atoms with Crippen LogP contribution in [-0.4, -0.2) is 44.7 Å². The van der Waals surface area contributed by atoms with E-state index in [1.165, 1.54) is 0 Å². The quantitative estimate of drug-likeness (QED) is 0.353. The molecule has 0 aliphatic rings. The number of nitrogens with one attached hydrogen (secondary N) is 3. The number of benzene rings is 2. The van der Waals surface area contributed by atoms with Crippen molar-refractivity contribution in [3.8, 4) is 11.5 Å². The Morgan fingerprint density at radius 2 is 1.73 bits per heavy atom. The van der Waals surface area contributed by atoms with Crippen molar-refractivity contribution in [1.82, 2.24) is 16.0 Å². The van der Waals surface area contributed by atoms with Gasteiger partial charge >= 0.3 is 0 Å². The summed E-state index contributed by atoms with van der Waals surface area (Å²) >= 11 is 0. The first-order chi connectivity index (χ1) is 14.3. The van der Waals surface area contributed by atoms with Crippen LogP contribution in [0.15, 0.2) is 53.5 Å². The van der Waals surface area contributed by atoms with Gasteiger partial charge in [0.1, 0.15) is 17.1 Å². The topological polar surface area (TPSA) is 84.0 Å². The number of ether oxygens (including phenoxy) is 2. The second-order valence-corrected chi connectivity index (χ2v) is 7.66. The molecule has 0 saturated carbocycles. The second kappa shape index (κ2) is 11.1. The van der Waals surface area contributed by atoms with E-state index < -0.39 is 0 Å². The Balaban J connectivity index is 1.80. The van der Waals surface area contributed by atoms with E-state index in [4.69, 9.17) is 9.47 Å². The van der Waals surface area contributed by atoms with Crippen LogP contribution < -0.4 is 25.4 Å². The number of nitrogens with zero attached hydrogens (tertiary/aromatic N) is 1. The molecule has 30 heavy (non-hydrogen) atoms. The number of aliphatic imine (C=N–C) groups is 1. The summed E-state index contributed by atoms with van der Waals surface area (Å²) in [5.41, 5.74) is 1.34. The van der Waals surface area contributed by atoms with E-state index in [0.717, 1.165) is 11.3 Å². The smallest absolute Gasteiger partial charge is 0.251 e. The van der Waals surface area contributed by atoms with Crippen molar-refractivity contribution in [2.75, 3.05) is 27.2 Å². The number of methoxy groups -OCH3 is 1. The summed E-state index contributed by atoms with van der Waals surface area (Å²) in [5, 5.41) is 9.35. The molecule has 0 bridgehead atoms. The zero-order valence-corrected chi connectivity index (χ0v) is 18.4. The molecule has 7 nitrogen and oxygen atoms in total. The van der Waals surface area contributed by atoms with Crippen LogP contribution in [0.1, 0.15) is 36.7 Å². The van der Waals surface area contributed by atoms with Crippen molar-refractivity contribution in [3.05, 3.63) is 59.7 Å². The predicted octanol–water partition coefficient (Wildman–Crippen LogP) is 2.97. The van der Waals surface area contributed by atoms with Crippen LogP contribution in [0.2, 0.25) is 0 Å². The Hall–Kier alpha value is -3.22. The molecule has 0 fully saturated rings. The zero-order valence-electron chi connectivity index (χ0n) is 18.4. The molecule has 162 valence electrons. The molecule has 1 amide bonds. The minimum Gasteiger partial charge on any atom is -0.497 e. The van der Waals surface area contributed by atoms with Gasteiger partial charge in [-0.2, -0.15) is 0 Å². The van der Waals surface area contributed by atoms with E-state index in [0.29, 0.717) is 36.9 Å². The normalized spacial score (nSPS) is 11.6. The van der Waals surface area contributed by atoms with Crippen molar-refractivity contribution in [3.63, 3.8) is 0 Å². The van der Waals surface area contributed by atoms with Gasteiger partial charge in [0.15, 0.2) is 5.96 Å². The van der Waals surface area contributed by atoms with Crippen LogP contribution in [0, 0.1) is 0 Å². The number of para-hydroxylation sites is 1. The lowest BCUT2D eigenvalue weighted by atomic mass is 10.1. The third-order valence-corrected chi connectivity index (χ3v) is 4.09. The maximum atomic E-state index is 12.2. The Morgan fingerprint density at radius 1 is 1.00 bits per heavy atom. The van der Waals surface area contributed by atoms with Gasteiger partial charge in [-0.25, -0.2) is 0 Å². The number of rotatable bonds is 8. The summed E-state index contributed by atoms with van der Waals surface area (Å²) in [6.45, 7) is 7.64. The van der Waals surface area contributed by atoms with Crippen LogP contribution in [-0.2, 0) is 6.54 Å². The van der Waals surface area contributed by atoms with Crippen LogP contribution >= 0.6 is 0 Å². The highest BCUT2D eigenvalue weighted by molar-refractivity contribution is 5.94. The molecule has 0 aromatic heterocycles. The summed E-state index contributed by atoms with van der Waals surface area (Å²) < 4.78 is 11.2. The van der Waals surface area contributed by atoms with Crippen LogP contribution in [0.5, 0.6) is 11.5 Å². The summed E-state index contributed by atoms with van der Waals surface area (Å²) in [7, 11) is 3.29. The first-order valence-corrected chi connectivity index (χ1v) is 9.96. The average molecular weight is 413 g/mol. The van der Waals surface area contributed by atoms with Gasteiger partial charge in [-0.05, 0) is 45.0 Å². The van der Waals surface area contributed by atoms with Crippen molar-refractivity contribution >= 4 is 11.9 Å². The molecule has 2 rings (SSSR count). The summed E-state index contributed by atoms with van der Waals surface area (Å²) in [4.78, 5) is 16.5. The van der Waals surface area contributed by atoms with Crippen LogP contribution in [0.3, 0.4) is 0 Å². The molecule has 3 N–H and O–H groups in total. The van der Waals surface area contributed by atoms with Gasteiger partial charge < -0.3 is 25.4 Å². The van der Waals surface area contributed by atoms with Gasteiger partial charge in [0.05, 0.1) is 7.11 Å². The molecule has 0 atom stereocenters. The van der Waals surface area contributed by atoms with E-state index in [1.54, 1.807) is 38.4 Å². The van der Waals surface area contributed by atoms with Gasteiger partial charge in [-0.3, -0.25) is 9.79 Å². The minimum atomic E-state index is -0.267. The fraction of sp³-hybridized carbons (Fsp3) is 0.391. The van der Waals surface area contributed by atoms with Gasteiger partial charge in [0, 0.05) is 37.8 Å². The summed E-state index contributed by atoms with van der Waals surface area (Å²) in [6, 6.07) is 15.0. The lowest BCUT2D eigenvalue weighted by molar-refractivity contribution is 0.0954. The number of hydrogen-bond donors (Lipinski definition) is 3. The monoisotopic (exact) mass is 412 g/mol. The minimum absolute atomic E-state index is 0.146. The van der Waals surface area contributed by atoms with E-state index in [1.807, 2.05) is 45.0 Å². The van der Waals surface area contributed by atoms with Crippen molar-refractivity contribution in [2.24, 2.45) is 4.99 Å². The first kappa shape index (κ1) is 23.1. The Bertz CT molecular complexity index is 860. The molecular formula is C23H32N4O3. The molecule has 0 aliphatic carbocycles. The predicted molar refractivity (Wildman–Crippen MR) is 120 cm³/mol. The largest absolute Gasteiger partial charge is 0.497 e. The summed E-state index contributed by atoms with van der Waals surface area (Å²) in [5.74, 6) is 2.00. The van der Waals surface area contributed by atoms with Crippen LogP contribution in [0.25, 0.3) is 0 Å². The van der Waals surface area contributed by atoms with E-state index in [2.05, 4.69) is 20.9 Å². The molecule has 2 aromatic rings. The third kappa shape index (κ3) is 7.66. The zero-order chi connectivity index (χ0) is 22.0. The molecular weight excluding hydrogens is 380 g/mol. The Morgan fingerprint density at radius 3 is 2.43 bits per heavy atom. The van der Waals surface area contributed by atoms with Gasteiger partial charge in [-0.15, -0.1) is 0 Å². The molecule has 7 heteroatoms. The van der Waals surface area contributed by atoms with E-state index in [9.17, 15) is 4.79 Å². The maximum absolute atomic E-state index is 12.2. The standard InChI is InChI=1S/C23H32N4O3/c1-23(2,3)30-20-12-7-6-9-18(20)16-27-22(24-4)26-14-13-25-21(28)17-10-8-11-19(15-17)29-5/h6-12,15H,13-14,16H2,1-5H3,(H,25,28)(H2,24,26,27). The molecule has 0 saturated heterocycles. The van der Waals surface area contributed by atoms with Crippen LogP contribution in [0.4, 0.5) is 0 Å². The van der Waals surface area contributed by atoms with Crippen molar-refractivity contribution < 1.29 is 14.3 Å². The SMILES string of the molecule is CN=C(NCCNC(=O)c1cccc(OC)c1)NCc1ccccc1OC(C)(C)C. The van der Waals surface area contributed by atoms with Crippen molar-refractivity contribution in [2.45, 2.75) is 32.9 Å². The molecule has 2 aromatic carbocycles. The highest BCUT2D eigenvalue weighted by Gasteiger charge is 2.14. The lowest BCUT2D eigenvalue weighted by Gasteiger charge is -2.23. The first-order valence-electron chi connectivity index (χ1n) is 9.96. The fourth-order valence-electron chi connectivity index (χ4n) is 2.70. The Kier molecular flexibility index (Phi) is 8.53. The molecule has 0 radical (unpaired) electrons. The van der Waals surface area contributed by atoms with Crippen molar-refractivity contribution in [1.29, 1.82) is 0 Å². The Labute approximate surface area is 178 Å². The third-order valence-electron chi connectivity index (χ3n) is 4.09. The highest BCUT2D eigenvalue weighted by Crippen LogP contribution is 2.22. The maximum Gasteiger partial charge on any atom is 0.251 e. The lowest BCUT2D eigenvalue weighted by Crippen LogP contribution is -2.41. The number of guanidine groups is 1. The summed E-state index contributed by atoms with van der Waals surface area (Å²) in [6.07, 6.45) is 0. The van der Waals surface area contributed by atoms with Gasteiger partial charge in [0.25, 0.3) is 5.91 Å². The number of amides is 1. The fourth-order valence-corrected chi connectivity index (χ4v) is 2.70. The second-order valence-electron chi connectivity index (χ2n) is 7.66. The average Bonchev–Trinajstić information content (AvgIpc) is 2.73. The van der Waals surface area contributed by atoms with E-state index >= 15 is 0 Å². The number of carbonyl (C=O) groups excluding carboxylic acids is 1. The van der Waals surface area contributed by atoms with Gasteiger partial charge in [0.2, 0.25) is 0 Å². The number of carbonyl (C=O) groups is 1. The molecule has 0 aliphatic heterocycles. The van der Waals surface area contributed by atoms with E-state index in [-0.39, 0.29) is 11.5 Å².